The minimum Gasteiger partial charge on any atom is -0.377 e. The van der Waals surface area contributed by atoms with Crippen molar-refractivity contribution in [3.63, 3.8) is 0 Å². The molecule has 0 aromatic carbocycles. The second kappa shape index (κ2) is 5.68. The van der Waals surface area contributed by atoms with Gasteiger partial charge < -0.3 is 4.74 Å². The highest BCUT2D eigenvalue weighted by Crippen LogP contribution is 2.22. The normalized spacial score (nSPS) is 36.7. The Morgan fingerprint density at radius 1 is 0.941 bits per heavy atom. The van der Waals surface area contributed by atoms with Crippen LogP contribution in [0.5, 0.6) is 0 Å². The van der Waals surface area contributed by atoms with Gasteiger partial charge in [0, 0.05) is 25.7 Å². The highest BCUT2D eigenvalue weighted by Gasteiger charge is 2.29. The highest BCUT2D eigenvalue weighted by molar-refractivity contribution is 4.85. The van der Waals surface area contributed by atoms with Crippen molar-refractivity contribution in [1.82, 2.24) is 9.80 Å². The molecule has 3 saturated heterocycles. The Bertz CT molecular complexity index is 240. The zero-order chi connectivity index (χ0) is 11.5. The monoisotopic (exact) mass is 238 g/mol. The van der Waals surface area contributed by atoms with Crippen molar-refractivity contribution in [2.75, 3.05) is 39.3 Å². The van der Waals surface area contributed by atoms with Crippen LogP contribution in [0.2, 0.25) is 0 Å². The zero-order valence-corrected chi connectivity index (χ0v) is 10.9. The maximum Gasteiger partial charge on any atom is 0.0702 e. The fourth-order valence-electron chi connectivity index (χ4n) is 3.69. The molecule has 2 unspecified atom stereocenters. The van der Waals surface area contributed by atoms with Crippen LogP contribution in [0.3, 0.4) is 0 Å². The molecule has 0 N–H and O–H groups in total. The van der Waals surface area contributed by atoms with Gasteiger partial charge in [0.2, 0.25) is 0 Å². The fourth-order valence-corrected chi connectivity index (χ4v) is 3.69. The van der Waals surface area contributed by atoms with E-state index < -0.39 is 0 Å². The molecular formula is C14H26N2O. The second-order valence-electron chi connectivity index (χ2n) is 5.93. The van der Waals surface area contributed by atoms with Crippen LogP contribution in [0.4, 0.5) is 0 Å². The molecule has 0 radical (unpaired) electrons. The van der Waals surface area contributed by atoms with E-state index in [1.807, 2.05) is 0 Å². The van der Waals surface area contributed by atoms with Crippen molar-refractivity contribution in [2.45, 2.75) is 50.7 Å². The van der Waals surface area contributed by atoms with Gasteiger partial charge in [0.1, 0.15) is 0 Å². The van der Waals surface area contributed by atoms with Crippen LogP contribution >= 0.6 is 0 Å². The number of fused-ring (bicyclic) bond motifs is 1. The first kappa shape index (κ1) is 11.9. The van der Waals surface area contributed by atoms with E-state index in [-0.39, 0.29) is 0 Å². The molecule has 3 aliphatic rings. The third-order valence-electron chi connectivity index (χ3n) is 4.62. The van der Waals surface area contributed by atoms with Crippen LogP contribution < -0.4 is 0 Å². The van der Waals surface area contributed by atoms with Gasteiger partial charge in [-0.25, -0.2) is 0 Å². The average molecular weight is 238 g/mol. The Kier molecular flexibility index (Phi) is 3.99. The van der Waals surface area contributed by atoms with E-state index in [2.05, 4.69) is 9.80 Å². The van der Waals surface area contributed by atoms with Crippen molar-refractivity contribution in [1.29, 1.82) is 0 Å². The Labute approximate surface area is 105 Å². The molecule has 0 spiro atoms. The van der Waals surface area contributed by atoms with E-state index in [1.54, 1.807) is 0 Å². The molecule has 3 rings (SSSR count). The van der Waals surface area contributed by atoms with Crippen LogP contribution in [-0.4, -0.2) is 61.3 Å². The van der Waals surface area contributed by atoms with Crippen LogP contribution in [0.25, 0.3) is 0 Å². The van der Waals surface area contributed by atoms with E-state index in [1.165, 1.54) is 71.2 Å². The van der Waals surface area contributed by atoms with Crippen LogP contribution in [0.15, 0.2) is 0 Å². The van der Waals surface area contributed by atoms with Crippen molar-refractivity contribution < 1.29 is 4.74 Å². The lowest BCUT2D eigenvalue weighted by molar-refractivity contribution is -0.00646. The molecule has 0 amide bonds. The van der Waals surface area contributed by atoms with Gasteiger partial charge in [0.15, 0.2) is 0 Å². The molecule has 17 heavy (non-hydrogen) atoms. The Balaban J connectivity index is 1.52. The van der Waals surface area contributed by atoms with E-state index in [0.717, 1.165) is 12.6 Å². The summed E-state index contributed by atoms with van der Waals surface area (Å²) in [5, 5.41) is 0. The largest absolute Gasteiger partial charge is 0.377 e. The van der Waals surface area contributed by atoms with Gasteiger partial charge >= 0.3 is 0 Å². The maximum absolute atomic E-state index is 5.88. The second-order valence-corrected chi connectivity index (χ2v) is 5.93. The molecule has 3 heterocycles. The van der Waals surface area contributed by atoms with Crippen molar-refractivity contribution in [3.05, 3.63) is 0 Å². The summed E-state index contributed by atoms with van der Waals surface area (Å²) in [6.45, 7) is 7.43. The lowest BCUT2D eigenvalue weighted by atomic mass is 10.1. The zero-order valence-electron chi connectivity index (χ0n) is 10.9. The Morgan fingerprint density at radius 2 is 1.88 bits per heavy atom. The highest BCUT2D eigenvalue weighted by atomic mass is 16.5. The molecule has 3 aliphatic heterocycles. The van der Waals surface area contributed by atoms with Crippen LogP contribution in [-0.2, 0) is 4.74 Å². The van der Waals surface area contributed by atoms with E-state index in [4.69, 9.17) is 4.74 Å². The first-order valence-corrected chi connectivity index (χ1v) is 7.50. The first-order valence-electron chi connectivity index (χ1n) is 7.50. The molecule has 0 bridgehead atoms. The van der Waals surface area contributed by atoms with Gasteiger partial charge in [0.05, 0.1) is 6.10 Å². The molecule has 98 valence electrons. The SMILES string of the molecule is C1CCC(CN2CCCN3CCCC3C2)OC1. The molecule has 3 heteroatoms. The molecule has 3 fully saturated rings. The number of ether oxygens (including phenoxy) is 1. The average Bonchev–Trinajstić information content (AvgIpc) is 2.70. The maximum atomic E-state index is 5.88. The Hall–Kier alpha value is -0.120. The molecule has 0 aliphatic carbocycles. The molecular weight excluding hydrogens is 212 g/mol. The predicted octanol–water partition coefficient (Wildman–Crippen LogP) is 1.73. The molecule has 0 saturated carbocycles. The molecule has 0 aromatic rings. The van der Waals surface area contributed by atoms with Crippen LogP contribution in [0, 0.1) is 0 Å². The summed E-state index contributed by atoms with van der Waals surface area (Å²) >= 11 is 0. The third kappa shape index (κ3) is 3.01. The number of hydrogen-bond donors (Lipinski definition) is 0. The standard InChI is InChI=1S/C14H26N2O/c1-2-10-17-14(6-1)12-15-7-4-9-16-8-3-5-13(16)11-15/h13-14H,1-12H2. The predicted molar refractivity (Wildman–Crippen MR) is 69.2 cm³/mol. The quantitative estimate of drug-likeness (QED) is 0.728. The summed E-state index contributed by atoms with van der Waals surface area (Å²) in [6, 6.07) is 0.848. The van der Waals surface area contributed by atoms with Gasteiger partial charge in [0.25, 0.3) is 0 Å². The summed E-state index contributed by atoms with van der Waals surface area (Å²) < 4.78 is 5.88. The van der Waals surface area contributed by atoms with Crippen molar-refractivity contribution >= 4 is 0 Å². The fraction of sp³-hybridized carbons (Fsp3) is 1.00. The molecule has 2 atom stereocenters. The number of nitrogens with zero attached hydrogens (tertiary/aromatic N) is 2. The molecule has 0 aromatic heterocycles. The summed E-state index contributed by atoms with van der Waals surface area (Å²) in [6.07, 6.45) is 8.63. The van der Waals surface area contributed by atoms with E-state index in [9.17, 15) is 0 Å². The van der Waals surface area contributed by atoms with Gasteiger partial charge in [-0.05, 0) is 58.2 Å². The minimum absolute atomic E-state index is 0.525. The number of rotatable bonds is 2. The van der Waals surface area contributed by atoms with Crippen molar-refractivity contribution in [3.8, 4) is 0 Å². The summed E-state index contributed by atoms with van der Waals surface area (Å²) in [4.78, 5) is 5.38. The number of hydrogen-bond acceptors (Lipinski definition) is 3. The van der Waals surface area contributed by atoms with Gasteiger partial charge in [-0.3, -0.25) is 9.80 Å². The van der Waals surface area contributed by atoms with Gasteiger partial charge in [-0.15, -0.1) is 0 Å². The topological polar surface area (TPSA) is 15.7 Å². The summed E-state index contributed by atoms with van der Waals surface area (Å²) in [5.74, 6) is 0. The van der Waals surface area contributed by atoms with Crippen molar-refractivity contribution in [2.24, 2.45) is 0 Å². The first-order chi connectivity index (χ1) is 8.42. The van der Waals surface area contributed by atoms with E-state index >= 15 is 0 Å². The van der Waals surface area contributed by atoms with E-state index in [0.29, 0.717) is 6.10 Å². The third-order valence-corrected chi connectivity index (χ3v) is 4.62. The van der Waals surface area contributed by atoms with Gasteiger partial charge in [-0.2, -0.15) is 0 Å². The van der Waals surface area contributed by atoms with Crippen LogP contribution in [0.1, 0.15) is 38.5 Å². The summed E-state index contributed by atoms with van der Waals surface area (Å²) in [7, 11) is 0. The minimum atomic E-state index is 0.525. The molecule has 3 nitrogen and oxygen atoms in total. The lowest BCUT2D eigenvalue weighted by Crippen LogP contribution is -2.41. The van der Waals surface area contributed by atoms with Gasteiger partial charge in [-0.1, -0.05) is 0 Å². The Morgan fingerprint density at radius 3 is 2.76 bits per heavy atom. The smallest absolute Gasteiger partial charge is 0.0702 e. The lowest BCUT2D eigenvalue weighted by Gasteiger charge is -2.30. The summed E-state index contributed by atoms with van der Waals surface area (Å²) in [5.41, 5.74) is 0.